The second-order valence-electron chi connectivity index (χ2n) is 7.78. The molecule has 2 aromatic rings. The molecule has 1 saturated heterocycles. The molecular formula is C22H27N3O2S. The van der Waals surface area contributed by atoms with Crippen molar-refractivity contribution in [2.24, 2.45) is 0 Å². The lowest BCUT2D eigenvalue weighted by molar-refractivity contribution is -0.117. The van der Waals surface area contributed by atoms with Crippen molar-refractivity contribution in [1.29, 1.82) is 0 Å². The van der Waals surface area contributed by atoms with Crippen LogP contribution in [0.4, 0.5) is 5.69 Å². The maximum Gasteiger partial charge on any atom is 0.264 e. The van der Waals surface area contributed by atoms with Crippen molar-refractivity contribution in [2.75, 3.05) is 38.0 Å². The van der Waals surface area contributed by atoms with Gasteiger partial charge in [-0.15, -0.1) is 11.3 Å². The fourth-order valence-electron chi connectivity index (χ4n) is 3.98. The van der Waals surface area contributed by atoms with Gasteiger partial charge in [-0.1, -0.05) is 12.1 Å². The van der Waals surface area contributed by atoms with Crippen molar-refractivity contribution in [2.45, 2.75) is 33.1 Å². The summed E-state index contributed by atoms with van der Waals surface area (Å²) in [5, 5.41) is 3.02. The summed E-state index contributed by atoms with van der Waals surface area (Å²) >= 11 is 1.67. The zero-order valence-corrected chi connectivity index (χ0v) is 17.4. The molecule has 148 valence electrons. The van der Waals surface area contributed by atoms with Crippen LogP contribution in [0.15, 0.2) is 24.3 Å². The van der Waals surface area contributed by atoms with E-state index < -0.39 is 0 Å². The lowest BCUT2D eigenvalue weighted by Crippen LogP contribution is -2.50. The van der Waals surface area contributed by atoms with Gasteiger partial charge in [0.2, 0.25) is 5.91 Å². The Labute approximate surface area is 170 Å². The molecule has 5 nitrogen and oxygen atoms in total. The summed E-state index contributed by atoms with van der Waals surface area (Å²) in [6.45, 7) is 7.26. The average Bonchev–Trinajstić information content (AvgIpc) is 3.28. The first-order valence-electron chi connectivity index (χ1n) is 10.0. The Morgan fingerprint density at radius 1 is 1.11 bits per heavy atom. The van der Waals surface area contributed by atoms with Crippen LogP contribution in [0.3, 0.4) is 0 Å². The van der Waals surface area contributed by atoms with Crippen molar-refractivity contribution >= 4 is 28.8 Å². The van der Waals surface area contributed by atoms with Gasteiger partial charge in [0.25, 0.3) is 5.91 Å². The number of hydrogen-bond acceptors (Lipinski definition) is 4. The summed E-state index contributed by atoms with van der Waals surface area (Å²) in [4.78, 5) is 31.5. The Balaban J connectivity index is 1.28. The monoisotopic (exact) mass is 397 g/mol. The molecule has 0 saturated carbocycles. The van der Waals surface area contributed by atoms with E-state index in [1.54, 1.807) is 11.3 Å². The summed E-state index contributed by atoms with van der Waals surface area (Å²) in [5.41, 5.74) is 4.53. The normalized spacial score (nSPS) is 16.9. The summed E-state index contributed by atoms with van der Waals surface area (Å²) in [6.07, 6.45) is 3.46. The third-order valence-electron chi connectivity index (χ3n) is 5.86. The third-order valence-corrected chi connectivity index (χ3v) is 7.09. The number of piperazine rings is 1. The van der Waals surface area contributed by atoms with Gasteiger partial charge in [-0.25, -0.2) is 0 Å². The molecule has 4 rings (SSSR count). The van der Waals surface area contributed by atoms with Gasteiger partial charge in [0, 0.05) is 36.7 Å². The van der Waals surface area contributed by atoms with E-state index in [2.05, 4.69) is 16.3 Å². The Bertz CT molecular complexity index is 876. The van der Waals surface area contributed by atoms with Gasteiger partial charge >= 0.3 is 0 Å². The predicted octanol–water partition coefficient (Wildman–Crippen LogP) is 3.25. The second-order valence-corrected chi connectivity index (χ2v) is 8.91. The minimum atomic E-state index is 0.00292. The number of aryl methyl sites for hydroxylation is 3. The average molecular weight is 398 g/mol. The zero-order valence-electron chi connectivity index (χ0n) is 16.6. The van der Waals surface area contributed by atoms with E-state index in [1.807, 2.05) is 36.9 Å². The van der Waals surface area contributed by atoms with Gasteiger partial charge in [-0.2, -0.15) is 0 Å². The van der Waals surface area contributed by atoms with Gasteiger partial charge in [0.05, 0.1) is 11.4 Å². The number of anilines is 1. The Hall–Kier alpha value is -2.18. The molecule has 0 atom stereocenters. The summed E-state index contributed by atoms with van der Waals surface area (Å²) in [6, 6.07) is 8.04. The SMILES string of the molecule is Cc1cccc(NC(=O)CN2CCN(C(=O)c3cc4c(s3)CCC4)CC2)c1C. The van der Waals surface area contributed by atoms with Crippen LogP contribution in [-0.2, 0) is 17.6 Å². The number of benzene rings is 1. The fraction of sp³-hybridized carbons (Fsp3) is 0.455. The van der Waals surface area contributed by atoms with E-state index in [9.17, 15) is 9.59 Å². The van der Waals surface area contributed by atoms with Crippen LogP contribution in [-0.4, -0.2) is 54.3 Å². The molecule has 2 aliphatic rings. The van der Waals surface area contributed by atoms with Crippen LogP contribution in [0.25, 0.3) is 0 Å². The number of nitrogens with one attached hydrogen (secondary N) is 1. The highest BCUT2D eigenvalue weighted by molar-refractivity contribution is 7.14. The van der Waals surface area contributed by atoms with Crippen LogP contribution in [0, 0.1) is 13.8 Å². The molecule has 1 aliphatic heterocycles. The molecule has 28 heavy (non-hydrogen) atoms. The summed E-state index contributed by atoms with van der Waals surface area (Å²) < 4.78 is 0. The number of rotatable bonds is 4. The number of thiophene rings is 1. The zero-order chi connectivity index (χ0) is 19.7. The van der Waals surface area contributed by atoms with E-state index in [0.29, 0.717) is 19.6 Å². The second kappa shape index (κ2) is 8.05. The Morgan fingerprint density at radius 3 is 2.64 bits per heavy atom. The smallest absolute Gasteiger partial charge is 0.264 e. The number of carbonyl (C=O) groups is 2. The highest BCUT2D eigenvalue weighted by Crippen LogP contribution is 2.31. The van der Waals surface area contributed by atoms with Crippen LogP contribution < -0.4 is 5.32 Å². The Kier molecular flexibility index (Phi) is 5.51. The van der Waals surface area contributed by atoms with Crippen molar-refractivity contribution in [3.05, 3.63) is 50.7 Å². The maximum absolute atomic E-state index is 12.8. The van der Waals surface area contributed by atoms with E-state index in [0.717, 1.165) is 42.1 Å². The lowest BCUT2D eigenvalue weighted by atomic mass is 10.1. The van der Waals surface area contributed by atoms with Crippen LogP contribution in [0.2, 0.25) is 0 Å². The molecule has 1 aliphatic carbocycles. The standard InChI is InChI=1S/C22H27N3O2S/c1-15-5-3-7-18(16(15)2)23-21(26)14-24-9-11-25(12-10-24)22(27)20-13-17-6-4-8-19(17)28-20/h3,5,7,13H,4,6,8-12,14H2,1-2H3,(H,23,26). The molecule has 6 heteroatoms. The van der Waals surface area contributed by atoms with E-state index >= 15 is 0 Å². The van der Waals surface area contributed by atoms with E-state index in [-0.39, 0.29) is 11.8 Å². The van der Waals surface area contributed by atoms with E-state index in [1.165, 1.54) is 22.4 Å². The van der Waals surface area contributed by atoms with Gasteiger partial charge in [-0.05, 0) is 61.9 Å². The number of fused-ring (bicyclic) bond motifs is 1. The molecule has 1 aromatic heterocycles. The molecule has 1 N–H and O–H groups in total. The van der Waals surface area contributed by atoms with Gasteiger partial charge in [-0.3, -0.25) is 14.5 Å². The Morgan fingerprint density at radius 2 is 1.89 bits per heavy atom. The maximum atomic E-state index is 12.8. The minimum absolute atomic E-state index is 0.00292. The first-order chi connectivity index (χ1) is 13.5. The van der Waals surface area contributed by atoms with Crippen molar-refractivity contribution < 1.29 is 9.59 Å². The number of nitrogens with zero attached hydrogens (tertiary/aromatic N) is 2. The molecule has 2 heterocycles. The van der Waals surface area contributed by atoms with Gasteiger partial charge < -0.3 is 10.2 Å². The van der Waals surface area contributed by atoms with Crippen molar-refractivity contribution in [3.8, 4) is 0 Å². The minimum Gasteiger partial charge on any atom is -0.335 e. The molecule has 0 unspecified atom stereocenters. The number of hydrogen-bond donors (Lipinski definition) is 1. The number of amides is 2. The molecule has 1 fully saturated rings. The molecular weight excluding hydrogens is 370 g/mol. The third kappa shape index (κ3) is 3.98. The molecule has 0 radical (unpaired) electrons. The highest BCUT2D eigenvalue weighted by atomic mass is 32.1. The highest BCUT2D eigenvalue weighted by Gasteiger charge is 2.26. The molecule has 0 bridgehead atoms. The summed E-state index contributed by atoms with van der Waals surface area (Å²) in [7, 11) is 0. The van der Waals surface area contributed by atoms with Crippen molar-refractivity contribution in [3.63, 3.8) is 0 Å². The van der Waals surface area contributed by atoms with Gasteiger partial charge in [0.1, 0.15) is 0 Å². The van der Waals surface area contributed by atoms with Crippen LogP contribution in [0.1, 0.15) is 37.7 Å². The topological polar surface area (TPSA) is 52.7 Å². The van der Waals surface area contributed by atoms with Crippen LogP contribution in [0.5, 0.6) is 0 Å². The molecule has 2 amide bonds. The fourth-order valence-corrected chi connectivity index (χ4v) is 5.20. The quantitative estimate of drug-likeness (QED) is 0.862. The first kappa shape index (κ1) is 19.2. The molecule has 0 spiro atoms. The molecule has 1 aromatic carbocycles. The van der Waals surface area contributed by atoms with E-state index in [4.69, 9.17) is 0 Å². The largest absolute Gasteiger partial charge is 0.335 e. The number of carbonyl (C=O) groups excluding carboxylic acids is 2. The first-order valence-corrected chi connectivity index (χ1v) is 10.8. The lowest BCUT2D eigenvalue weighted by Gasteiger charge is -2.34. The summed E-state index contributed by atoms with van der Waals surface area (Å²) in [5.74, 6) is 0.155. The van der Waals surface area contributed by atoms with Gasteiger partial charge in [0.15, 0.2) is 0 Å². The van der Waals surface area contributed by atoms with Crippen LogP contribution >= 0.6 is 11.3 Å². The predicted molar refractivity (Wildman–Crippen MR) is 113 cm³/mol. The van der Waals surface area contributed by atoms with Crippen molar-refractivity contribution in [1.82, 2.24) is 9.80 Å².